The Labute approximate surface area is 112 Å². The van der Waals surface area contributed by atoms with Crippen molar-refractivity contribution >= 4 is 0 Å². The van der Waals surface area contributed by atoms with Gasteiger partial charge in [-0.3, -0.25) is 0 Å². The molecule has 3 heteroatoms. The van der Waals surface area contributed by atoms with E-state index in [9.17, 15) is 8.78 Å². The fourth-order valence-corrected chi connectivity index (χ4v) is 2.60. The van der Waals surface area contributed by atoms with Crippen LogP contribution < -0.4 is 5.73 Å². The minimum atomic E-state index is -0.604. The van der Waals surface area contributed by atoms with E-state index in [-0.39, 0.29) is 0 Å². The molecule has 0 heterocycles. The lowest BCUT2D eigenvalue weighted by molar-refractivity contribution is 0.577. The number of hydrogen-bond acceptors (Lipinski definition) is 1. The van der Waals surface area contributed by atoms with Crippen LogP contribution in [0.4, 0.5) is 8.78 Å². The first-order valence-electron chi connectivity index (χ1n) is 6.18. The highest BCUT2D eigenvalue weighted by Crippen LogP contribution is 2.27. The second-order valence-electron chi connectivity index (χ2n) is 4.99. The van der Waals surface area contributed by atoms with Crippen LogP contribution in [0.5, 0.6) is 0 Å². The number of aryl methyl sites for hydroxylation is 3. The van der Waals surface area contributed by atoms with E-state index in [4.69, 9.17) is 5.73 Å². The Kier molecular flexibility index (Phi) is 3.67. The zero-order chi connectivity index (χ0) is 14.2. The highest BCUT2D eigenvalue weighted by atomic mass is 19.1. The topological polar surface area (TPSA) is 26.0 Å². The maximum atomic E-state index is 13.3. The molecule has 100 valence electrons. The van der Waals surface area contributed by atoms with E-state index in [0.717, 1.165) is 28.3 Å². The fourth-order valence-electron chi connectivity index (χ4n) is 2.60. The van der Waals surface area contributed by atoms with E-state index in [0.29, 0.717) is 5.56 Å². The van der Waals surface area contributed by atoms with Gasteiger partial charge in [-0.25, -0.2) is 8.78 Å². The predicted molar refractivity (Wildman–Crippen MR) is 73.0 cm³/mol. The molecule has 0 spiro atoms. The van der Waals surface area contributed by atoms with Crippen molar-refractivity contribution in [1.82, 2.24) is 0 Å². The average Bonchev–Trinajstić information content (AvgIpc) is 2.25. The molecular formula is C16H17F2N. The number of halogens is 2. The quantitative estimate of drug-likeness (QED) is 0.870. The van der Waals surface area contributed by atoms with Gasteiger partial charge < -0.3 is 5.73 Å². The predicted octanol–water partition coefficient (Wildman–Crippen LogP) is 3.94. The van der Waals surface area contributed by atoms with Crippen molar-refractivity contribution in [2.24, 2.45) is 5.73 Å². The third-order valence-corrected chi connectivity index (χ3v) is 3.29. The molecular weight excluding hydrogens is 244 g/mol. The van der Waals surface area contributed by atoms with Gasteiger partial charge in [0, 0.05) is 6.07 Å². The molecule has 19 heavy (non-hydrogen) atoms. The smallest absolute Gasteiger partial charge is 0.126 e. The van der Waals surface area contributed by atoms with E-state index in [1.165, 1.54) is 12.1 Å². The van der Waals surface area contributed by atoms with Crippen LogP contribution in [0, 0.1) is 32.4 Å². The molecule has 1 nitrogen and oxygen atoms in total. The summed E-state index contributed by atoms with van der Waals surface area (Å²) in [5.74, 6) is -1.21. The Morgan fingerprint density at radius 1 is 0.842 bits per heavy atom. The average molecular weight is 261 g/mol. The standard InChI is InChI=1S/C16H17F2N/c1-9-4-10(2)15(11(3)5-9)16(19)12-6-13(17)8-14(18)7-12/h4-8,16H,19H2,1-3H3. The molecule has 0 amide bonds. The van der Waals surface area contributed by atoms with E-state index in [1.807, 2.05) is 32.9 Å². The van der Waals surface area contributed by atoms with Crippen LogP contribution in [0.15, 0.2) is 30.3 Å². The van der Waals surface area contributed by atoms with Crippen molar-refractivity contribution in [3.05, 3.63) is 69.8 Å². The monoisotopic (exact) mass is 261 g/mol. The maximum Gasteiger partial charge on any atom is 0.126 e. The van der Waals surface area contributed by atoms with Gasteiger partial charge in [-0.1, -0.05) is 17.7 Å². The van der Waals surface area contributed by atoms with Crippen molar-refractivity contribution in [3.63, 3.8) is 0 Å². The van der Waals surface area contributed by atoms with Gasteiger partial charge in [0.1, 0.15) is 11.6 Å². The molecule has 1 unspecified atom stereocenters. The molecule has 2 N–H and O–H groups in total. The van der Waals surface area contributed by atoms with Crippen molar-refractivity contribution in [2.45, 2.75) is 26.8 Å². The summed E-state index contributed by atoms with van der Waals surface area (Å²) in [4.78, 5) is 0. The molecule has 2 aromatic carbocycles. The molecule has 1 atom stereocenters. The molecule has 0 aliphatic carbocycles. The maximum absolute atomic E-state index is 13.3. The lowest BCUT2D eigenvalue weighted by atomic mass is 9.90. The second-order valence-corrected chi connectivity index (χ2v) is 4.99. The van der Waals surface area contributed by atoms with Gasteiger partial charge in [-0.2, -0.15) is 0 Å². The van der Waals surface area contributed by atoms with Gasteiger partial charge in [0.2, 0.25) is 0 Å². The number of hydrogen-bond donors (Lipinski definition) is 1. The minimum absolute atomic E-state index is 0.451. The van der Waals surface area contributed by atoms with Gasteiger partial charge in [0.15, 0.2) is 0 Å². The molecule has 0 aliphatic heterocycles. The molecule has 0 radical (unpaired) electrons. The second kappa shape index (κ2) is 5.10. The van der Waals surface area contributed by atoms with Gasteiger partial charge >= 0.3 is 0 Å². The summed E-state index contributed by atoms with van der Waals surface area (Å²) < 4.78 is 26.5. The van der Waals surface area contributed by atoms with Gasteiger partial charge in [0.05, 0.1) is 6.04 Å². The number of rotatable bonds is 2. The van der Waals surface area contributed by atoms with Crippen LogP contribution in [0.25, 0.3) is 0 Å². The molecule has 0 bridgehead atoms. The summed E-state index contributed by atoms with van der Waals surface area (Å²) in [6.07, 6.45) is 0. The summed E-state index contributed by atoms with van der Waals surface area (Å²) in [6, 6.07) is 6.95. The van der Waals surface area contributed by atoms with Crippen LogP contribution in [0.2, 0.25) is 0 Å². The zero-order valence-corrected chi connectivity index (χ0v) is 11.3. The van der Waals surface area contributed by atoms with E-state index >= 15 is 0 Å². The van der Waals surface area contributed by atoms with Gasteiger partial charge in [-0.15, -0.1) is 0 Å². The first-order chi connectivity index (χ1) is 8.88. The number of benzene rings is 2. The fraction of sp³-hybridized carbons (Fsp3) is 0.250. The molecule has 0 saturated heterocycles. The lowest BCUT2D eigenvalue weighted by Crippen LogP contribution is -2.15. The van der Waals surface area contributed by atoms with E-state index < -0.39 is 17.7 Å². The normalized spacial score (nSPS) is 12.5. The molecule has 0 fully saturated rings. The summed E-state index contributed by atoms with van der Waals surface area (Å²) >= 11 is 0. The van der Waals surface area contributed by atoms with Crippen LogP contribution in [0.3, 0.4) is 0 Å². The van der Waals surface area contributed by atoms with Gasteiger partial charge in [-0.05, 0) is 55.2 Å². The molecule has 2 aromatic rings. The first kappa shape index (κ1) is 13.7. The van der Waals surface area contributed by atoms with Crippen molar-refractivity contribution in [2.75, 3.05) is 0 Å². The largest absolute Gasteiger partial charge is 0.320 e. The van der Waals surface area contributed by atoms with Crippen LogP contribution in [-0.2, 0) is 0 Å². The Morgan fingerprint density at radius 2 is 1.32 bits per heavy atom. The van der Waals surface area contributed by atoms with Crippen LogP contribution >= 0.6 is 0 Å². The highest BCUT2D eigenvalue weighted by Gasteiger charge is 2.16. The van der Waals surface area contributed by atoms with Crippen molar-refractivity contribution in [3.8, 4) is 0 Å². The van der Waals surface area contributed by atoms with Crippen LogP contribution in [0.1, 0.15) is 33.9 Å². The third-order valence-electron chi connectivity index (χ3n) is 3.29. The Morgan fingerprint density at radius 3 is 1.79 bits per heavy atom. The van der Waals surface area contributed by atoms with E-state index in [2.05, 4.69) is 0 Å². The first-order valence-corrected chi connectivity index (χ1v) is 6.18. The SMILES string of the molecule is Cc1cc(C)c(C(N)c2cc(F)cc(F)c2)c(C)c1. The summed E-state index contributed by atoms with van der Waals surface area (Å²) in [6.45, 7) is 5.94. The van der Waals surface area contributed by atoms with Gasteiger partial charge in [0.25, 0.3) is 0 Å². The minimum Gasteiger partial charge on any atom is -0.320 e. The highest BCUT2D eigenvalue weighted by molar-refractivity contribution is 5.44. The summed E-state index contributed by atoms with van der Waals surface area (Å²) in [5.41, 5.74) is 10.8. The number of nitrogens with two attached hydrogens (primary N) is 1. The molecule has 2 rings (SSSR count). The summed E-state index contributed by atoms with van der Waals surface area (Å²) in [5, 5.41) is 0. The Hall–Kier alpha value is -1.74. The Bertz CT molecular complexity index is 577. The van der Waals surface area contributed by atoms with Crippen molar-refractivity contribution in [1.29, 1.82) is 0 Å². The van der Waals surface area contributed by atoms with Crippen LogP contribution in [-0.4, -0.2) is 0 Å². The molecule has 0 aliphatic rings. The summed E-state index contributed by atoms with van der Waals surface area (Å²) in [7, 11) is 0. The zero-order valence-electron chi connectivity index (χ0n) is 11.3. The van der Waals surface area contributed by atoms with Crippen molar-refractivity contribution < 1.29 is 8.78 Å². The lowest BCUT2D eigenvalue weighted by Gasteiger charge is -2.19. The molecule has 0 saturated carbocycles. The molecule has 0 aromatic heterocycles. The third kappa shape index (κ3) is 2.82. The Balaban J connectivity index is 2.52. The van der Waals surface area contributed by atoms with E-state index in [1.54, 1.807) is 0 Å².